The Bertz CT molecular complexity index is 916. The molecule has 0 aliphatic rings. The standard InChI is InChI=1S/C22H30ClN5/c1-5-27(6-2)12-7-8-17(4)25-21-11-13-28-22(26-21)19(15-24-28)18-10-9-16(3)20(23)14-18/h9-11,13-15,17H,5-8,12H2,1-4H3,(H,25,26). The highest BCUT2D eigenvalue weighted by molar-refractivity contribution is 6.31. The van der Waals surface area contributed by atoms with Crippen molar-refractivity contribution in [3.05, 3.63) is 47.2 Å². The van der Waals surface area contributed by atoms with Crippen molar-refractivity contribution < 1.29 is 0 Å². The molecule has 0 bridgehead atoms. The SMILES string of the molecule is CCN(CC)CCCC(C)Nc1ccn2ncc(-c3ccc(C)c(Cl)c3)c2n1. The summed E-state index contributed by atoms with van der Waals surface area (Å²) in [5, 5.41) is 8.73. The van der Waals surface area contributed by atoms with Crippen molar-refractivity contribution >= 4 is 23.1 Å². The quantitative estimate of drug-likeness (QED) is 0.531. The van der Waals surface area contributed by atoms with Gasteiger partial charge in [0.2, 0.25) is 0 Å². The zero-order chi connectivity index (χ0) is 20.1. The number of fused-ring (bicyclic) bond motifs is 1. The summed E-state index contributed by atoms with van der Waals surface area (Å²) >= 11 is 6.31. The Hall–Kier alpha value is -2.11. The van der Waals surface area contributed by atoms with Gasteiger partial charge < -0.3 is 10.2 Å². The maximum absolute atomic E-state index is 6.31. The Morgan fingerprint density at radius 2 is 2.00 bits per heavy atom. The third kappa shape index (κ3) is 4.83. The second-order valence-corrected chi connectivity index (χ2v) is 7.72. The first-order chi connectivity index (χ1) is 13.5. The summed E-state index contributed by atoms with van der Waals surface area (Å²) in [6.45, 7) is 12.0. The Balaban J connectivity index is 1.72. The van der Waals surface area contributed by atoms with E-state index in [1.807, 2.05) is 37.5 Å². The molecule has 150 valence electrons. The normalized spacial score (nSPS) is 12.6. The summed E-state index contributed by atoms with van der Waals surface area (Å²) < 4.78 is 1.80. The molecule has 0 radical (unpaired) electrons. The van der Waals surface area contributed by atoms with Gasteiger partial charge >= 0.3 is 0 Å². The second-order valence-electron chi connectivity index (χ2n) is 7.32. The van der Waals surface area contributed by atoms with E-state index in [1.54, 1.807) is 4.52 Å². The molecule has 6 heteroatoms. The molecule has 0 spiro atoms. The predicted octanol–water partition coefficient (Wildman–Crippen LogP) is 5.28. The number of benzene rings is 1. The summed E-state index contributed by atoms with van der Waals surface area (Å²) in [6.07, 6.45) is 6.09. The Morgan fingerprint density at radius 3 is 2.71 bits per heavy atom. The van der Waals surface area contributed by atoms with Gasteiger partial charge in [0.05, 0.1) is 6.20 Å². The molecule has 0 aliphatic heterocycles. The first-order valence-electron chi connectivity index (χ1n) is 10.1. The van der Waals surface area contributed by atoms with Crippen molar-refractivity contribution in [3.8, 4) is 11.1 Å². The van der Waals surface area contributed by atoms with Gasteiger partial charge in [-0.1, -0.05) is 37.6 Å². The van der Waals surface area contributed by atoms with Gasteiger partial charge in [-0.25, -0.2) is 9.50 Å². The molecule has 3 aromatic rings. The van der Waals surface area contributed by atoms with Crippen LogP contribution in [0.25, 0.3) is 16.8 Å². The third-order valence-corrected chi connectivity index (χ3v) is 5.66. The highest BCUT2D eigenvalue weighted by atomic mass is 35.5. The topological polar surface area (TPSA) is 45.5 Å². The fourth-order valence-electron chi connectivity index (χ4n) is 3.40. The molecule has 1 N–H and O–H groups in total. The van der Waals surface area contributed by atoms with Crippen LogP contribution in [0.4, 0.5) is 5.82 Å². The zero-order valence-corrected chi connectivity index (χ0v) is 18.0. The Morgan fingerprint density at radius 1 is 1.21 bits per heavy atom. The highest BCUT2D eigenvalue weighted by Gasteiger charge is 2.11. The molecule has 1 unspecified atom stereocenters. The van der Waals surface area contributed by atoms with Crippen LogP contribution in [0.5, 0.6) is 0 Å². The van der Waals surface area contributed by atoms with Crippen molar-refractivity contribution in [2.45, 2.75) is 46.6 Å². The van der Waals surface area contributed by atoms with Crippen LogP contribution in [0.2, 0.25) is 5.02 Å². The molecule has 2 heterocycles. The number of aromatic nitrogens is 3. The van der Waals surface area contributed by atoms with Gasteiger partial charge in [0.15, 0.2) is 5.65 Å². The molecular formula is C22H30ClN5. The van der Waals surface area contributed by atoms with Crippen LogP contribution in [-0.2, 0) is 0 Å². The summed E-state index contributed by atoms with van der Waals surface area (Å²) in [5.41, 5.74) is 3.92. The number of rotatable bonds is 9. The fraction of sp³-hybridized carbons (Fsp3) is 0.455. The average molecular weight is 400 g/mol. The van der Waals surface area contributed by atoms with Crippen molar-refractivity contribution in [1.29, 1.82) is 0 Å². The predicted molar refractivity (Wildman–Crippen MR) is 118 cm³/mol. The van der Waals surface area contributed by atoms with E-state index in [1.165, 1.54) is 6.42 Å². The zero-order valence-electron chi connectivity index (χ0n) is 17.2. The van der Waals surface area contributed by atoms with Crippen LogP contribution in [0.1, 0.15) is 39.2 Å². The molecule has 1 atom stereocenters. The molecule has 28 heavy (non-hydrogen) atoms. The molecular weight excluding hydrogens is 370 g/mol. The number of anilines is 1. The molecule has 0 saturated carbocycles. The van der Waals surface area contributed by atoms with Crippen LogP contribution < -0.4 is 5.32 Å². The highest BCUT2D eigenvalue weighted by Crippen LogP contribution is 2.28. The lowest BCUT2D eigenvalue weighted by Crippen LogP contribution is -2.25. The lowest BCUT2D eigenvalue weighted by Gasteiger charge is -2.20. The van der Waals surface area contributed by atoms with Gasteiger partial charge in [0.25, 0.3) is 0 Å². The van der Waals surface area contributed by atoms with Gasteiger partial charge in [-0.2, -0.15) is 5.10 Å². The largest absolute Gasteiger partial charge is 0.368 e. The molecule has 2 aromatic heterocycles. The smallest absolute Gasteiger partial charge is 0.165 e. The molecule has 5 nitrogen and oxygen atoms in total. The van der Waals surface area contributed by atoms with E-state index < -0.39 is 0 Å². The molecule has 0 amide bonds. The van der Waals surface area contributed by atoms with E-state index >= 15 is 0 Å². The van der Waals surface area contributed by atoms with Crippen LogP contribution >= 0.6 is 11.6 Å². The number of hydrogen-bond acceptors (Lipinski definition) is 4. The van der Waals surface area contributed by atoms with Crippen LogP contribution in [-0.4, -0.2) is 45.2 Å². The Kier molecular flexibility index (Phi) is 6.92. The minimum atomic E-state index is 0.366. The third-order valence-electron chi connectivity index (χ3n) is 5.25. The summed E-state index contributed by atoms with van der Waals surface area (Å²) in [7, 11) is 0. The monoisotopic (exact) mass is 399 g/mol. The average Bonchev–Trinajstić information content (AvgIpc) is 3.10. The summed E-state index contributed by atoms with van der Waals surface area (Å²) in [6, 6.07) is 8.42. The Labute approximate surface area is 172 Å². The van der Waals surface area contributed by atoms with E-state index in [-0.39, 0.29) is 0 Å². The molecule has 1 aromatic carbocycles. The number of nitrogens with zero attached hydrogens (tertiary/aromatic N) is 4. The van der Waals surface area contributed by atoms with Gasteiger partial charge in [-0.15, -0.1) is 0 Å². The van der Waals surface area contributed by atoms with E-state index in [0.717, 1.165) is 59.2 Å². The van der Waals surface area contributed by atoms with Gasteiger partial charge in [0, 0.05) is 22.8 Å². The maximum Gasteiger partial charge on any atom is 0.165 e. The summed E-state index contributed by atoms with van der Waals surface area (Å²) in [4.78, 5) is 7.28. The minimum Gasteiger partial charge on any atom is -0.368 e. The first kappa shape index (κ1) is 20.6. The molecule has 0 saturated heterocycles. The van der Waals surface area contributed by atoms with E-state index in [9.17, 15) is 0 Å². The van der Waals surface area contributed by atoms with Crippen LogP contribution in [0.15, 0.2) is 36.7 Å². The molecule has 3 rings (SSSR count). The first-order valence-corrected chi connectivity index (χ1v) is 10.5. The lowest BCUT2D eigenvalue weighted by atomic mass is 10.1. The van der Waals surface area contributed by atoms with Gasteiger partial charge in [0.1, 0.15) is 5.82 Å². The number of halogens is 1. The van der Waals surface area contributed by atoms with Crippen LogP contribution in [0.3, 0.4) is 0 Å². The number of aryl methyl sites for hydroxylation is 1. The van der Waals surface area contributed by atoms with Crippen molar-refractivity contribution in [2.24, 2.45) is 0 Å². The lowest BCUT2D eigenvalue weighted by molar-refractivity contribution is 0.295. The van der Waals surface area contributed by atoms with Gasteiger partial charge in [-0.05, 0) is 69.6 Å². The molecule has 0 fully saturated rings. The van der Waals surface area contributed by atoms with Crippen molar-refractivity contribution in [2.75, 3.05) is 25.0 Å². The second kappa shape index (κ2) is 9.39. The van der Waals surface area contributed by atoms with E-state index in [4.69, 9.17) is 16.6 Å². The minimum absolute atomic E-state index is 0.366. The van der Waals surface area contributed by atoms with Crippen molar-refractivity contribution in [1.82, 2.24) is 19.5 Å². The van der Waals surface area contributed by atoms with Crippen molar-refractivity contribution in [3.63, 3.8) is 0 Å². The fourth-order valence-corrected chi connectivity index (χ4v) is 3.58. The van der Waals surface area contributed by atoms with E-state index in [2.05, 4.69) is 42.2 Å². The number of nitrogens with one attached hydrogen (secondary N) is 1. The maximum atomic E-state index is 6.31. The van der Waals surface area contributed by atoms with Gasteiger partial charge in [-0.3, -0.25) is 0 Å². The van der Waals surface area contributed by atoms with Crippen LogP contribution in [0, 0.1) is 6.92 Å². The number of hydrogen-bond donors (Lipinski definition) is 1. The van der Waals surface area contributed by atoms with E-state index in [0.29, 0.717) is 6.04 Å². The summed E-state index contributed by atoms with van der Waals surface area (Å²) in [5.74, 6) is 0.878. The molecule has 0 aliphatic carbocycles.